The summed E-state index contributed by atoms with van der Waals surface area (Å²) < 4.78 is 2.40. The van der Waals surface area contributed by atoms with Crippen LogP contribution in [0.15, 0.2) is 6.20 Å². The van der Waals surface area contributed by atoms with Crippen LogP contribution in [0.1, 0.15) is 30.8 Å². The molecule has 0 radical (unpaired) electrons. The topological polar surface area (TPSA) is 47.1 Å². The van der Waals surface area contributed by atoms with Crippen molar-refractivity contribution in [1.82, 2.24) is 14.5 Å². The Morgan fingerprint density at radius 1 is 1.41 bits per heavy atom. The minimum absolute atomic E-state index is 0.334. The highest BCUT2D eigenvalue weighted by Crippen LogP contribution is 2.22. The van der Waals surface area contributed by atoms with Gasteiger partial charge in [-0.2, -0.15) is 0 Å². The molecule has 1 aromatic rings. The monoisotopic (exact) mass is 234 g/mol. The van der Waals surface area contributed by atoms with Gasteiger partial charge in [-0.3, -0.25) is 0 Å². The summed E-state index contributed by atoms with van der Waals surface area (Å²) in [5, 5.41) is 0. The van der Waals surface area contributed by atoms with Gasteiger partial charge >= 0.3 is 0 Å². The lowest BCUT2D eigenvalue weighted by Crippen LogP contribution is -2.32. The van der Waals surface area contributed by atoms with E-state index in [1.807, 2.05) is 6.20 Å². The molecule has 0 aliphatic carbocycles. The Morgan fingerprint density at radius 2 is 2.29 bits per heavy atom. The van der Waals surface area contributed by atoms with Crippen molar-refractivity contribution in [3.63, 3.8) is 0 Å². The predicted molar refractivity (Wildman–Crippen MR) is 67.9 cm³/mol. The van der Waals surface area contributed by atoms with Crippen molar-refractivity contribution in [2.75, 3.05) is 13.6 Å². The molecular formula is C13H22N4. The SMILES string of the molecule is CN1CCCC1Cc1ncc2n1CCC(N)C2. The van der Waals surface area contributed by atoms with E-state index in [0.29, 0.717) is 12.1 Å². The van der Waals surface area contributed by atoms with Crippen molar-refractivity contribution in [1.29, 1.82) is 0 Å². The largest absolute Gasteiger partial charge is 0.332 e. The molecule has 4 nitrogen and oxygen atoms in total. The van der Waals surface area contributed by atoms with Gasteiger partial charge in [-0.15, -0.1) is 0 Å². The highest BCUT2D eigenvalue weighted by atomic mass is 15.2. The zero-order valence-electron chi connectivity index (χ0n) is 10.6. The molecule has 1 fully saturated rings. The Morgan fingerprint density at radius 3 is 3.06 bits per heavy atom. The number of aromatic nitrogens is 2. The number of imidazole rings is 1. The molecule has 2 aliphatic heterocycles. The summed E-state index contributed by atoms with van der Waals surface area (Å²) in [4.78, 5) is 7.08. The lowest BCUT2D eigenvalue weighted by molar-refractivity contribution is 0.301. The fourth-order valence-electron chi connectivity index (χ4n) is 3.17. The second-order valence-electron chi connectivity index (χ2n) is 5.55. The first-order chi connectivity index (χ1) is 8.24. The Bertz CT molecular complexity index is 398. The van der Waals surface area contributed by atoms with E-state index in [1.54, 1.807) is 0 Å². The van der Waals surface area contributed by atoms with Crippen molar-refractivity contribution >= 4 is 0 Å². The Balaban J connectivity index is 1.76. The van der Waals surface area contributed by atoms with Crippen LogP contribution in [0.2, 0.25) is 0 Å². The molecule has 1 saturated heterocycles. The van der Waals surface area contributed by atoms with Gasteiger partial charge in [-0.1, -0.05) is 0 Å². The van der Waals surface area contributed by atoms with E-state index < -0.39 is 0 Å². The maximum absolute atomic E-state index is 6.00. The van der Waals surface area contributed by atoms with Crippen molar-refractivity contribution in [3.8, 4) is 0 Å². The van der Waals surface area contributed by atoms with Gasteiger partial charge in [0.25, 0.3) is 0 Å². The number of fused-ring (bicyclic) bond motifs is 1. The van der Waals surface area contributed by atoms with Gasteiger partial charge in [0, 0.05) is 43.4 Å². The number of hydrogen-bond donors (Lipinski definition) is 1. The summed E-state index contributed by atoms with van der Waals surface area (Å²) in [6.45, 7) is 2.30. The number of hydrogen-bond acceptors (Lipinski definition) is 3. The molecular weight excluding hydrogens is 212 g/mol. The standard InChI is InChI=1S/C13H22N4/c1-16-5-2-3-11(16)8-13-15-9-12-7-10(14)4-6-17(12)13/h9-11H,2-8,14H2,1H3. The molecule has 4 heteroatoms. The second kappa shape index (κ2) is 4.42. The van der Waals surface area contributed by atoms with E-state index in [-0.39, 0.29) is 0 Å². The molecule has 3 rings (SSSR count). The van der Waals surface area contributed by atoms with Gasteiger partial charge in [0.1, 0.15) is 5.82 Å². The van der Waals surface area contributed by atoms with Crippen molar-refractivity contribution in [2.24, 2.45) is 5.73 Å². The molecule has 1 aromatic heterocycles. The molecule has 2 aliphatic rings. The van der Waals surface area contributed by atoms with Crippen molar-refractivity contribution in [3.05, 3.63) is 17.7 Å². The van der Waals surface area contributed by atoms with E-state index in [9.17, 15) is 0 Å². The van der Waals surface area contributed by atoms with Crippen LogP contribution in [0.5, 0.6) is 0 Å². The Hall–Kier alpha value is -0.870. The number of likely N-dealkylation sites (tertiary alicyclic amines) is 1. The molecule has 2 N–H and O–H groups in total. The molecule has 0 bridgehead atoms. The zero-order valence-corrected chi connectivity index (χ0v) is 10.6. The summed E-state index contributed by atoms with van der Waals surface area (Å²) >= 11 is 0. The highest BCUT2D eigenvalue weighted by Gasteiger charge is 2.25. The quantitative estimate of drug-likeness (QED) is 0.823. The van der Waals surface area contributed by atoms with Crippen LogP contribution in [-0.4, -0.2) is 40.1 Å². The second-order valence-corrected chi connectivity index (χ2v) is 5.55. The minimum Gasteiger partial charge on any atom is -0.332 e. The van der Waals surface area contributed by atoms with Crippen LogP contribution in [0.25, 0.3) is 0 Å². The van der Waals surface area contributed by atoms with E-state index in [4.69, 9.17) is 5.73 Å². The van der Waals surface area contributed by atoms with Crippen LogP contribution in [0.4, 0.5) is 0 Å². The van der Waals surface area contributed by atoms with Gasteiger partial charge in [0.05, 0.1) is 0 Å². The molecule has 17 heavy (non-hydrogen) atoms. The molecule has 0 amide bonds. The van der Waals surface area contributed by atoms with Gasteiger partial charge in [0.2, 0.25) is 0 Å². The summed E-state index contributed by atoms with van der Waals surface area (Å²) in [6.07, 6.45) is 7.87. The average molecular weight is 234 g/mol. The van der Waals surface area contributed by atoms with Crippen LogP contribution in [-0.2, 0) is 19.4 Å². The third-order valence-corrected chi connectivity index (χ3v) is 4.31. The maximum Gasteiger partial charge on any atom is 0.110 e. The van der Waals surface area contributed by atoms with E-state index in [2.05, 4.69) is 21.5 Å². The van der Waals surface area contributed by atoms with Gasteiger partial charge in [-0.25, -0.2) is 4.98 Å². The average Bonchev–Trinajstić information content (AvgIpc) is 2.87. The molecule has 3 heterocycles. The summed E-state index contributed by atoms with van der Waals surface area (Å²) in [6, 6.07) is 1.03. The summed E-state index contributed by atoms with van der Waals surface area (Å²) in [5.41, 5.74) is 7.33. The Kier molecular flexibility index (Phi) is 2.92. The minimum atomic E-state index is 0.334. The third kappa shape index (κ3) is 2.11. The predicted octanol–water partition coefficient (Wildman–Crippen LogP) is 0.793. The van der Waals surface area contributed by atoms with Crippen LogP contribution < -0.4 is 5.73 Å². The van der Waals surface area contributed by atoms with Gasteiger partial charge in [0.15, 0.2) is 0 Å². The van der Waals surface area contributed by atoms with E-state index >= 15 is 0 Å². The smallest absolute Gasteiger partial charge is 0.110 e. The summed E-state index contributed by atoms with van der Waals surface area (Å²) in [5.74, 6) is 1.27. The van der Waals surface area contributed by atoms with Crippen LogP contribution in [0, 0.1) is 0 Å². The molecule has 0 aromatic carbocycles. The zero-order chi connectivity index (χ0) is 11.8. The number of nitrogens with zero attached hydrogens (tertiary/aromatic N) is 3. The lowest BCUT2D eigenvalue weighted by Gasteiger charge is -2.24. The molecule has 2 atom stereocenters. The maximum atomic E-state index is 6.00. The first-order valence-corrected chi connectivity index (χ1v) is 6.73. The van der Waals surface area contributed by atoms with Gasteiger partial charge < -0.3 is 15.2 Å². The highest BCUT2D eigenvalue weighted by molar-refractivity contribution is 5.11. The van der Waals surface area contributed by atoms with E-state index in [0.717, 1.165) is 25.8 Å². The normalized spacial score (nSPS) is 29.5. The molecule has 94 valence electrons. The number of rotatable bonds is 2. The van der Waals surface area contributed by atoms with Crippen molar-refractivity contribution in [2.45, 2.75) is 50.7 Å². The summed E-state index contributed by atoms with van der Waals surface area (Å²) in [7, 11) is 2.23. The molecule has 0 spiro atoms. The first-order valence-electron chi connectivity index (χ1n) is 6.73. The van der Waals surface area contributed by atoms with Gasteiger partial charge in [-0.05, 0) is 32.9 Å². The van der Waals surface area contributed by atoms with Crippen LogP contribution >= 0.6 is 0 Å². The third-order valence-electron chi connectivity index (χ3n) is 4.31. The number of nitrogens with two attached hydrogens (primary N) is 1. The van der Waals surface area contributed by atoms with Crippen LogP contribution in [0.3, 0.4) is 0 Å². The fraction of sp³-hybridized carbons (Fsp3) is 0.769. The molecule has 0 saturated carbocycles. The number of likely N-dealkylation sites (N-methyl/N-ethyl adjacent to an activating group) is 1. The van der Waals surface area contributed by atoms with E-state index in [1.165, 1.54) is 30.9 Å². The lowest BCUT2D eigenvalue weighted by atomic mass is 10.1. The Labute approximate surface area is 103 Å². The fourth-order valence-corrected chi connectivity index (χ4v) is 3.17. The van der Waals surface area contributed by atoms with Crippen molar-refractivity contribution < 1.29 is 0 Å². The first kappa shape index (κ1) is 11.2. The molecule has 2 unspecified atom stereocenters.